The predicted molar refractivity (Wildman–Crippen MR) is 78.2 cm³/mol. The molecule has 0 atom stereocenters. The molecule has 2 rings (SSSR count). The van der Waals surface area contributed by atoms with Crippen molar-refractivity contribution in [2.45, 2.75) is 26.4 Å². The normalized spacial score (nSPS) is 10.7. The Hall–Kier alpha value is -1.46. The summed E-state index contributed by atoms with van der Waals surface area (Å²) in [4.78, 5) is 8.22. The van der Waals surface area contributed by atoms with E-state index in [4.69, 9.17) is 4.74 Å². The summed E-state index contributed by atoms with van der Waals surface area (Å²) in [5, 5.41) is 3.35. The summed E-state index contributed by atoms with van der Waals surface area (Å²) in [5.41, 5.74) is 1.02. The predicted octanol–water partition coefficient (Wildman–Crippen LogP) is 3.53. The summed E-state index contributed by atoms with van der Waals surface area (Å²) in [7, 11) is 0. The third kappa shape index (κ3) is 4.29. The maximum atomic E-state index is 5.85. The average Bonchev–Trinajstić information content (AvgIpc) is 2.38. The standard InChI is InChI=1S/C14H16BrN3O/c1-10(2)18-7-11-6-16-4-3-14(11)19-13-5-12(15)8-17-9-13/h3-6,8-10,18H,7H2,1-2H3. The smallest absolute Gasteiger partial charge is 0.146 e. The number of pyridine rings is 2. The van der Waals surface area contributed by atoms with Gasteiger partial charge in [-0.3, -0.25) is 9.97 Å². The van der Waals surface area contributed by atoms with Crippen molar-refractivity contribution in [2.24, 2.45) is 0 Å². The van der Waals surface area contributed by atoms with Gasteiger partial charge in [0.15, 0.2) is 0 Å². The van der Waals surface area contributed by atoms with Gasteiger partial charge in [0, 0.05) is 41.2 Å². The van der Waals surface area contributed by atoms with E-state index >= 15 is 0 Å². The molecule has 100 valence electrons. The van der Waals surface area contributed by atoms with Gasteiger partial charge in [-0.15, -0.1) is 0 Å². The van der Waals surface area contributed by atoms with Crippen molar-refractivity contribution in [3.8, 4) is 11.5 Å². The fourth-order valence-electron chi connectivity index (χ4n) is 1.54. The van der Waals surface area contributed by atoms with Gasteiger partial charge in [0.05, 0.1) is 6.20 Å². The van der Waals surface area contributed by atoms with E-state index in [1.54, 1.807) is 18.6 Å². The molecule has 0 amide bonds. The van der Waals surface area contributed by atoms with Crippen molar-refractivity contribution in [3.05, 3.63) is 47.0 Å². The first kappa shape index (κ1) is 14.0. The van der Waals surface area contributed by atoms with Gasteiger partial charge in [0.25, 0.3) is 0 Å². The zero-order valence-electron chi connectivity index (χ0n) is 10.9. The minimum absolute atomic E-state index is 0.417. The number of hydrogen-bond acceptors (Lipinski definition) is 4. The summed E-state index contributed by atoms with van der Waals surface area (Å²) < 4.78 is 6.74. The van der Waals surface area contributed by atoms with Crippen LogP contribution in [-0.4, -0.2) is 16.0 Å². The molecule has 0 fully saturated rings. The Balaban J connectivity index is 2.15. The zero-order valence-corrected chi connectivity index (χ0v) is 12.5. The molecule has 2 aromatic rings. The lowest BCUT2D eigenvalue weighted by Gasteiger charge is -2.12. The molecular weight excluding hydrogens is 306 g/mol. The van der Waals surface area contributed by atoms with Crippen LogP contribution in [0.1, 0.15) is 19.4 Å². The van der Waals surface area contributed by atoms with E-state index in [0.717, 1.165) is 22.3 Å². The highest BCUT2D eigenvalue weighted by Crippen LogP contribution is 2.25. The zero-order chi connectivity index (χ0) is 13.7. The molecule has 0 aliphatic heterocycles. The van der Waals surface area contributed by atoms with Crippen LogP contribution >= 0.6 is 15.9 Å². The van der Waals surface area contributed by atoms with Crippen molar-refractivity contribution in [1.29, 1.82) is 0 Å². The average molecular weight is 322 g/mol. The van der Waals surface area contributed by atoms with Crippen LogP contribution in [0.2, 0.25) is 0 Å². The molecule has 19 heavy (non-hydrogen) atoms. The molecule has 0 radical (unpaired) electrons. The van der Waals surface area contributed by atoms with Gasteiger partial charge in [-0.2, -0.15) is 0 Å². The number of rotatable bonds is 5. The van der Waals surface area contributed by atoms with Crippen molar-refractivity contribution >= 4 is 15.9 Å². The molecule has 0 bridgehead atoms. The van der Waals surface area contributed by atoms with Gasteiger partial charge in [-0.05, 0) is 28.1 Å². The van der Waals surface area contributed by atoms with Gasteiger partial charge in [-0.1, -0.05) is 13.8 Å². The first-order valence-corrected chi connectivity index (χ1v) is 6.89. The maximum absolute atomic E-state index is 5.85. The Kier molecular flexibility index (Phi) is 4.87. The first-order valence-electron chi connectivity index (χ1n) is 6.10. The monoisotopic (exact) mass is 321 g/mol. The van der Waals surface area contributed by atoms with E-state index in [0.29, 0.717) is 11.8 Å². The van der Waals surface area contributed by atoms with E-state index in [1.807, 2.05) is 18.3 Å². The molecule has 2 heterocycles. The number of nitrogens with zero attached hydrogens (tertiary/aromatic N) is 2. The van der Waals surface area contributed by atoms with E-state index < -0.39 is 0 Å². The molecule has 0 saturated heterocycles. The van der Waals surface area contributed by atoms with Gasteiger partial charge in [0.2, 0.25) is 0 Å². The van der Waals surface area contributed by atoms with Crippen LogP contribution in [-0.2, 0) is 6.54 Å². The lowest BCUT2D eigenvalue weighted by atomic mass is 10.2. The van der Waals surface area contributed by atoms with Gasteiger partial charge in [0.1, 0.15) is 11.5 Å². The molecule has 0 spiro atoms. The minimum Gasteiger partial charge on any atom is -0.455 e. The SMILES string of the molecule is CC(C)NCc1cnccc1Oc1cncc(Br)c1. The largest absolute Gasteiger partial charge is 0.455 e. The van der Waals surface area contributed by atoms with Crippen molar-refractivity contribution in [3.63, 3.8) is 0 Å². The van der Waals surface area contributed by atoms with Crippen LogP contribution < -0.4 is 10.1 Å². The van der Waals surface area contributed by atoms with Crippen LogP contribution in [0.25, 0.3) is 0 Å². The van der Waals surface area contributed by atoms with E-state index in [9.17, 15) is 0 Å². The second kappa shape index (κ2) is 6.63. The van der Waals surface area contributed by atoms with E-state index in [-0.39, 0.29) is 0 Å². The van der Waals surface area contributed by atoms with Gasteiger partial charge in [-0.25, -0.2) is 0 Å². The van der Waals surface area contributed by atoms with Crippen molar-refractivity contribution in [2.75, 3.05) is 0 Å². The second-order valence-electron chi connectivity index (χ2n) is 4.46. The highest BCUT2D eigenvalue weighted by molar-refractivity contribution is 9.10. The molecule has 0 unspecified atom stereocenters. The fraction of sp³-hybridized carbons (Fsp3) is 0.286. The summed E-state index contributed by atoms with van der Waals surface area (Å²) in [6.45, 7) is 4.94. The third-order valence-electron chi connectivity index (χ3n) is 2.47. The fourth-order valence-corrected chi connectivity index (χ4v) is 1.88. The van der Waals surface area contributed by atoms with Crippen LogP contribution in [0.15, 0.2) is 41.4 Å². The molecular formula is C14H16BrN3O. The van der Waals surface area contributed by atoms with E-state index in [2.05, 4.69) is 45.1 Å². The topological polar surface area (TPSA) is 47.0 Å². The number of aromatic nitrogens is 2. The Morgan fingerprint density at radius 2 is 2.11 bits per heavy atom. The summed E-state index contributed by atoms with van der Waals surface area (Å²) >= 11 is 3.38. The van der Waals surface area contributed by atoms with Crippen LogP contribution in [0.3, 0.4) is 0 Å². The van der Waals surface area contributed by atoms with Gasteiger partial charge >= 0.3 is 0 Å². The summed E-state index contributed by atoms with van der Waals surface area (Å²) in [6, 6.07) is 4.16. The van der Waals surface area contributed by atoms with Crippen LogP contribution in [0.5, 0.6) is 11.5 Å². The lowest BCUT2D eigenvalue weighted by Crippen LogP contribution is -2.22. The first-order chi connectivity index (χ1) is 9.15. The molecule has 0 saturated carbocycles. The molecule has 5 heteroatoms. The minimum atomic E-state index is 0.417. The number of ether oxygens (including phenoxy) is 1. The Bertz CT molecular complexity index is 546. The molecule has 4 nitrogen and oxygen atoms in total. The number of hydrogen-bond donors (Lipinski definition) is 1. The lowest BCUT2D eigenvalue weighted by molar-refractivity contribution is 0.466. The Morgan fingerprint density at radius 1 is 1.26 bits per heavy atom. The highest BCUT2D eigenvalue weighted by atomic mass is 79.9. The summed E-state index contributed by atoms with van der Waals surface area (Å²) in [6.07, 6.45) is 6.95. The van der Waals surface area contributed by atoms with Crippen LogP contribution in [0.4, 0.5) is 0 Å². The molecule has 0 aromatic carbocycles. The second-order valence-corrected chi connectivity index (χ2v) is 5.38. The summed E-state index contributed by atoms with van der Waals surface area (Å²) in [5.74, 6) is 1.49. The third-order valence-corrected chi connectivity index (χ3v) is 2.90. The highest BCUT2D eigenvalue weighted by Gasteiger charge is 2.06. The quantitative estimate of drug-likeness (QED) is 0.915. The molecule has 1 N–H and O–H groups in total. The van der Waals surface area contributed by atoms with E-state index in [1.165, 1.54) is 0 Å². The molecule has 0 aliphatic carbocycles. The number of nitrogens with one attached hydrogen (secondary N) is 1. The Morgan fingerprint density at radius 3 is 2.84 bits per heavy atom. The number of halogens is 1. The molecule has 0 aliphatic rings. The van der Waals surface area contributed by atoms with Crippen LogP contribution in [0, 0.1) is 0 Å². The van der Waals surface area contributed by atoms with Gasteiger partial charge < -0.3 is 10.1 Å². The maximum Gasteiger partial charge on any atom is 0.146 e. The van der Waals surface area contributed by atoms with Crippen molar-refractivity contribution in [1.82, 2.24) is 15.3 Å². The Labute approximate surface area is 121 Å². The molecule has 2 aromatic heterocycles. The van der Waals surface area contributed by atoms with Crippen molar-refractivity contribution < 1.29 is 4.74 Å².